The van der Waals surface area contributed by atoms with E-state index >= 15 is 0 Å². The van der Waals surface area contributed by atoms with Crippen molar-refractivity contribution in [3.05, 3.63) is 63.7 Å². The predicted molar refractivity (Wildman–Crippen MR) is 86.8 cm³/mol. The average Bonchev–Trinajstić information content (AvgIpc) is 2.52. The van der Waals surface area contributed by atoms with Crippen molar-refractivity contribution in [2.45, 2.75) is 26.9 Å². The molecule has 0 aliphatic heterocycles. The van der Waals surface area contributed by atoms with E-state index in [0.29, 0.717) is 12.2 Å². The third kappa shape index (κ3) is 6.04. The molecule has 6 nitrogen and oxygen atoms in total. The molecule has 0 amide bonds. The number of esters is 1. The van der Waals surface area contributed by atoms with Crippen molar-refractivity contribution < 1.29 is 19.6 Å². The van der Waals surface area contributed by atoms with E-state index in [1.807, 2.05) is 19.9 Å². The Morgan fingerprint density at radius 2 is 1.96 bits per heavy atom. The lowest BCUT2D eigenvalue weighted by Crippen LogP contribution is -2.07. The summed E-state index contributed by atoms with van der Waals surface area (Å²) in [5.41, 5.74) is 1.39. The van der Waals surface area contributed by atoms with Crippen LogP contribution >= 0.6 is 0 Å². The fraction of sp³-hybridized carbons (Fsp3) is 0.353. The average molecular weight is 319 g/mol. The van der Waals surface area contributed by atoms with Crippen LogP contribution in [0.25, 0.3) is 0 Å². The van der Waals surface area contributed by atoms with Gasteiger partial charge in [-0.1, -0.05) is 24.6 Å². The molecule has 0 spiro atoms. The SMILES string of the molecule is CCOC(=O)/C=C/C(C)=C/[C@@H](C)[C@@H](O)c1ccc([N+](=O)[O-])cc1. The summed E-state index contributed by atoms with van der Waals surface area (Å²) >= 11 is 0. The lowest BCUT2D eigenvalue weighted by molar-refractivity contribution is -0.384. The van der Waals surface area contributed by atoms with Gasteiger partial charge in [0.05, 0.1) is 17.6 Å². The zero-order valence-corrected chi connectivity index (χ0v) is 13.4. The number of hydrogen-bond acceptors (Lipinski definition) is 5. The van der Waals surface area contributed by atoms with Crippen LogP contribution in [-0.4, -0.2) is 22.6 Å². The van der Waals surface area contributed by atoms with Gasteiger partial charge in [-0.15, -0.1) is 0 Å². The van der Waals surface area contributed by atoms with Crippen LogP contribution in [0.5, 0.6) is 0 Å². The number of aliphatic hydroxyl groups excluding tert-OH is 1. The first kappa shape index (κ1) is 18.6. The molecule has 0 radical (unpaired) electrons. The normalized spacial score (nSPS) is 14.5. The van der Waals surface area contributed by atoms with Gasteiger partial charge in [-0.25, -0.2) is 4.79 Å². The van der Waals surface area contributed by atoms with E-state index in [4.69, 9.17) is 4.74 Å². The Morgan fingerprint density at radius 3 is 2.48 bits per heavy atom. The molecule has 1 aromatic carbocycles. The molecular formula is C17H21NO5. The molecular weight excluding hydrogens is 298 g/mol. The highest BCUT2D eigenvalue weighted by molar-refractivity contribution is 5.82. The molecule has 1 aromatic rings. The number of nitro benzene ring substituents is 1. The van der Waals surface area contributed by atoms with E-state index in [0.717, 1.165) is 5.57 Å². The van der Waals surface area contributed by atoms with Crippen molar-refractivity contribution in [3.63, 3.8) is 0 Å². The van der Waals surface area contributed by atoms with E-state index < -0.39 is 17.0 Å². The summed E-state index contributed by atoms with van der Waals surface area (Å²) in [4.78, 5) is 21.4. The summed E-state index contributed by atoms with van der Waals surface area (Å²) < 4.78 is 4.79. The predicted octanol–water partition coefficient (Wildman–Crippen LogP) is 3.33. The Labute approximate surface area is 135 Å². The largest absolute Gasteiger partial charge is 0.463 e. The molecule has 6 heteroatoms. The van der Waals surface area contributed by atoms with Gasteiger partial charge >= 0.3 is 5.97 Å². The minimum absolute atomic E-state index is 0.0160. The smallest absolute Gasteiger partial charge is 0.330 e. The summed E-state index contributed by atoms with van der Waals surface area (Å²) in [5, 5.41) is 20.9. The quantitative estimate of drug-likeness (QED) is 0.274. The molecule has 23 heavy (non-hydrogen) atoms. The molecule has 1 N–H and O–H groups in total. The number of carbonyl (C=O) groups excluding carboxylic acids is 1. The van der Waals surface area contributed by atoms with E-state index in [9.17, 15) is 20.0 Å². The molecule has 0 saturated heterocycles. The van der Waals surface area contributed by atoms with Crippen LogP contribution in [0.4, 0.5) is 5.69 Å². The number of aliphatic hydroxyl groups is 1. The van der Waals surface area contributed by atoms with Gasteiger partial charge in [0, 0.05) is 24.1 Å². The lowest BCUT2D eigenvalue weighted by atomic mass is 9.95. The van der Waals surface area contributed by atoms with Crippen LogP contribution in [-0.2, 0) is 9.53 Å². The Kier molecular flexibility index (Phi) is 7.15. The standard InChI is InChI=1S/C17H21NO5/c1-4-23-16(19)10-5-12(2)11-13(3)17(20)14-6-8-15(9-7-14)18(21)22/h5-11,13,17,20H,4H2,1-3H3/b10-5+,12-11+/t13-,17-/m1/s1. The van der Waals surface area contributed by atoms with Crippen molar-refractivity contribution in [2.75, 3.05) is 6.61 Å². The highest BCUT2D eigenvalue weighted by Crippen LogP contribution is 2.25. The maximum Gasteiger partial charge on any atom is 0.330 e. The van der Waals surface area contributed by atoms with E-state index in [1.165, 1.54) is 30.3 Å². The second-order valence-electron chi connectivity index (χ2n) is 5.15. The minimum atomic E-state index is -0.790. The molecule has 0 bridgehead atoms. The second-order valence-corrected chi connectivity index (χ2v) is 5.15. The van der Waals surface area contributed by atoms with Crippen LogP contribution in [0, 0.1) is 16.0 Å². The fourth-order valence-corrected chi connectivity index (χ4v) is 2.05. The maximum atomic E-state index is 11.2. The van der Waals surface area contributed by atoms with Gasteiger partial charge in [-0.05, 0) is 31.5 Å². The number of allylic oxidation sites excluding steroid dienone is 2. The lowest BCUT2D eigenvalue weighted by Gasteiger charge is -2.16. The summed E-state index contributed by atoms with van der Waals surface area (Å²) in [6, 6.07) is 5.80. The zero-order chi connectivity index (χ0) is 17.4. The molecule has 0 heterocycles. The summed E-state index contributed by atoms with van der Waals surface area (Å²) in [5.74, 6) is -0.632. The van der Waals surface area contributed by atoms with Crippen LogP contribution in [0.3, 0.4) is 0 Å². The van der Waals surface area contributed by atoms with Crippen molar-refractivity contribution in [1.29, 1.82) is 0 Å². The molecule has 1 rings (SSSR count). The maximum absolute atomic E-state index is 11.2. The van der Waals surface area contributed by atoms with Gasteiger partial charge in [0.1, 0.15) is 0 Å². The molecule has 0 fully saturated rings. The zero-order valence-electron chi connectivity index (χ0n) is 13.4. The number of benzene rings is 1. The first-order chi connectivity index (χ1) is 10.8. The van der Waals surface area contributed by atoms with Crippen molar-refractivity contribution in [2.24, 2.45) is 5.92 Å². The number of ether oxygens (including phenoxy) is 1. The number of rotatable bonds is 7. The highest BCUT2D eigenvalue weighted by Gasteiger charge is 2.15. The molecule has 0 aromatic heterocycles. The third-order valence-corrected chi connectivity index (χ3v) is 3.24. The summed E-state index contributed by atoms with van der Waals surface area (Å²) in [6.07, 6.45) is 3.99. The van der Waals surface area contributed by atoms with Crippen LogP contribution in [0.15, 0.2) is 48.1 Å². The monoisotopic (exact) mass is 319 g/mol. The van der Waals surface area contributed by atoms with Crippen molar-refractivity contribution in [1.82, 2.24) is 0 Å². The minimum Gasteiger partial charge on any atom is -0.463 e. The number of nitro groups is 1. The van der Waals surface area contributed by atoms with Gasteiger partial charge in [-0.3, -0.25) is 10.1 Å². The highest BCUT2D eigenvalue weighted by atomic mass is 16.6. The summed E-state index contributed by atoms with van der Waals surface area (Å²) in [6.45, 7) is 5.70. The Bertz CT molecular complexity index is 604. The van der Waals surface area contributed by atoms with Crippen molar-refractivity contribution in [3.8, 4) is 0 Å². The first-order valence-corrected chi connectivity index (χ1v) is 7.30. The van der Waals surface area contributed by atoms with Crippen LogP contribution < -0.4 is 0 Å². The molecule has 0 aliphatic carbocycles. The van der Waals surface area contributed by atoms with Crippen LogP contribution in [0.2, 0.25) is 0 Å². The number of hydrogen-bond donors (Lipinski definition) is 1. The fourth-order valence-electron chi connectivity index (χ4n) is 2.05. The Hall–Kier alpha value is -2.47. The molecule has 124 valence electrons. The molecule has 2 atom stereocenters. The van der Waals surface area contributed by atoms with E-state index in [2.05, 4.69) is 0 Å². The van der Waals surface area contributed by atoms with Gasteiger partial charge in [-0.2, -0.15) is 0 Å². The van der Waals surface area contributed by atoms with Crippen molar-refractivity contribution >= 4 is 11.7 Å². The topological polar surface area (TPSA) is 89.7 Å². The van der Waals surface area contributed by atoms with Gasteiger partial charge in [0.25, 0.3) is 5.69 Å². The third-order valence-electron chi connectivity index (χ3n) is 3.24. The number of non-ortho nitro benzene ring substituents is 1. The molecule has 0 unspecified atom stereocenters. The van der Waals surface area contributed by atoms with E-state index in [-0.39, 0.29) is 11.6 Å². The number of nitrogens with zero attached hydrogens (tertiary/aromatic N) is 1. The summed E-state index contributed by atoms with van der Waals surface area (Å²) in [7, 11) is 0. The van der Waals surface area contributed by atoms with Gasteiger partial charge in [0.15, 0.2) is 0 Å². The van der Waals surface area contributed by atoms with Gasteiger partial charge in [0.2, 0.25) is 0 Å². The van der Waals surface area contributed by atoms with E-state index in [1.54, 1.807) is 13.0 Å². The molecule has 0 saturated carbocycles. The molecule has 0 aliphatic rings. The second kappa shape index (κ2) is 8.85. The number of carbonyl (C=O) groups is 1. The van der Waals surface area contributed by atoms with Gasteiger partial charge < -0.3 is 9.84 Å². The Balaban J connectivity index is 2.75. The Morgan fingerprint density at radius 1 is 1.35 bits per heavy atom. The van der Waals surface area contributed by atoms with Crippen LogP contribution in [0.1, 0.15) is 32.4 Å². The first-order valence-electron chi connectivity index (χ1n) is 7.30.